The summed E-state index contributed by atoms with van der Waals surface area (Å²) < 4.78 is 1.77. The Balaban J connectivity index is 1.59. The van der Waals surface area contributed by atoms with Gasteiger partial charge in [-0.15, -0.1) is 11.3 Å². The summed E-state index contributed by atoms with van der Waals surface area (Å²) in [4.78, 5) is 11.2. The van der Waals surface area contributed by atoms with E-state index in [4.69, 9.17) is 4.98 Å². The monoisotopic (exact) mass is 350 g/mol. The third-order valence-corrected chi connectivity index (χ3v) is 6.56. The van der Waals surface area contributed by atoms with E-state index in [9.17, 15) is 5.11 Å². The van der Waals surface area contributed by atoms with Crippen molar-refractivity contribution in [2.45, 2.75) is 25.4 Å². The van der Waals surface area contributed by atoms with E-state index in [0.29, 0.717) is 5.92 Å². The minimum Gasteiger partial charge on any atom is -0.384 e. The van der Waals surface area contributed by atoms with Crippen LogP contribution in [0.3, 0.4) is 0 Å². The van der Waals surface area contributed by atoms with Gasteiger partial charge in [0.1, 0.15) is 10.4 Å². The number of fused-ring (bicyclic) bond motifs is 2. The normalized spacial score (nSPS) is 23.2. The van der Waals surface area contributed by atoms with E-state index in [1.54, 1.807) is 16.0 Å². The second-order valence-electron chi connectivity index (χ2n) is 7.01. The fourth-order valence-electron chi connectivity index (χ4n) is 3.54. The molecular formula is C19H18N4OS. The van der Waals surface area contributed by atoms with Gasteiger partial charge in [-0.3, -0.25) is 4.68 Å². The van der Waals surface area contributed by atoms with Crippen LogP contribution in [0.2, 0.25) is 0 Å². The molecule has 4 aromatic rings. The van der Waals surface area contributed by atoms with Crippen molar-refractivity contribution in [3.8, 4) is 11.3 Å². The van der Waals surface area contributed by atoms with Crippen LogP contribution in [0.4, 0.5) is 0 Å². The topological polar surface area (TPSA) is 63.8 Å². The van der Waals surface area contributed by atoms with Gasteiger partial charge in [0.05, 0.1) is 5.69 Å². The molecule has 2 unspecified atom stereocenters. The molecule has 0 spiro atoms. The maximum atomic E-state index is 10.8. The average Bonchev–Trinajstić information content (AvgIpc) is 3.20. The predicted molar refractivity (Wildman–Crippen MR) is 99.4 cm³/mol. The third-order valence-electron chi connectivity index (χ3n) is 5.35. The molecule has 1 aliphatic carbocycles. The molecule has 0 aromatic carbocycles. The van der Waals surface area contributed by atoms with Gasteiger partial charge < -0.3 is 5.11 Å². The van der Waals surface area contributed by atoms with Crippen molar-refractivity contribution in [1.29, 1.82) is 0 Å². The Kier molecular flexibility index (Phi) is 3.05. The lowest BCUT2D eigenvalue weighted by molar-refractivity contribution is -0.0899. The second kappa shape index (κ2) is 5.09. The molecule has 126 valence electrons. The van der Waals surface area contributed by atoms with Gasteiger partial charge in [0.25, 0.3) is 0 Å². The fraction of sp³-hybridized carbons (Fsp3) is 0.316. The zero-order valence-electron chi connectivity index (χ0n) is 14.1. The summed E-state index contributed by atoms with van der Waals surface area (Å²) in [7, 11) is 1.89. The zero-order chi connectivity index (χ0) is 17.2. The van der Waals surface area contributed by atoms with E-state index in [1.807, 2.05) is 25.5 Å². The molecule has 1 saturated carbocycles. The highest BCUT2D eigenvalue weighted by Gasteiger charge is 2.44. The summed E-state index contributed by atoms with van der Waals surface area (Å²) in [5, 5.41) is 17.2. The van der Waals surface area contributed by atoms with Gasteiger partial charge in [-0.05, 0) is 43.0 Å². The molecule has 5 rings (SSSR count). The van der Waals surface area contributed by atoms with E-state index in [2.05, 4.69) is 35.2 Å². The molecule has 5 nitrogen and oxygen atoms in total. The number of pyridine rings is 2. The summed E-state index contributed by atoms with van der Waals surface area (Å²) in [5.74, 6) is 0.317. The van der Waals surface area contributed by atoms with E-state index < -0.39 is 5.60 Å². The van der Waals surface area contributed by atoms with Crippen molar-refractivity contribution in [1.82, 2.24) is 19.7 Å². The third kappa shape index (κ3) is 2.21. The molecule has 25 heavy (non-hydrogen) atoms. The number of thiophene rings is 1. The molecule has 6 heteroatoms. The molecule has 4 aromatic heterocycles. The van der Waals surface area contributed by atoms with Crippen LogP contribution in [0.5, 0.6) is 0 Å². The van der Waals surface area contributed by atoms with Crippen LogP contribution in [0.25, 0.3) is 32.5 Å². The van der Waals surface area contributed by atoms with Gasteiger partial charge in [0.2, 0.25) is 0 Å². The number of aliphatic hydroxyl groups is 1. The molecular weight excluding hydrogens is 332 g/mol. The van der Waals surface area contributed by atoms with Crippen molar-refractivity contribution in [3.63, 3.8) is 0 Å². The van der Waals surface area contributed by atoms with Crippen LogP contribution < -0.4 is 0 Å². The minimum atomic E-state index is -0.665. The van der Waals surface area contributed by atoms with Crippen molar-refractivity contribution >= 4 is 32.6 Å². The number of aryl methyl sites for hydroxylation is 1. The van der Waals surface area contributed by atoms with Gasteiger partial charge in [0.15, 0.2) is 5.65 Å². The van der Waals surface area contributed by atoms with Crippen molar-refractivity contribution in [2.24, 2.45) is 13.0 Å². The molecule has 0 amide bonds. The Morgan fingerprint density at radius 3 is 2.92 bits per heavy atom. The average molecular weight is 350 g/mol. The lowest BCUT2D eigenvalue weighted by atomic mass is 9.70. The summed E-state index contributed by atoms with van der Waals surface area (Å²) in [5.41, 5.74) is 1.95. The summed E-state index contributed by atoms with van der Waals surface area (Å²) >= 11 is 1.60. The number of hydrogen-bond acceptors (Lipinski definition) is 5. The van der Waals surface area contributed by atoms with Crippen LogP contribution >= 0.6 is 11.3 Å². The SMILES string of the molecule is CC1CCC1(O)c1cc2ccc(-c3cnc4nn(C)cc4c3)nc2s1. The first-order valence-corrected chi connectivity index (χ1v) is 9.28. The van der Waals surface area contributed by atoms with Crippen LogP contribution in [0.1, 0.15) is 24.6 Å². The first-order chi connectivity index (χ1) is 12.0. The molecule has 0 radical (unpaired) electrons. The Hall–Kier alpha value is -2.31. The lowest BCUT2D eigenvalue weighted by Gasteiger charge is -2.42. The highest BCUT2D eigenvalue weighted by atomic mass is 32.1. The first kappa shape index (κ1) is 15.0. The van der Waals surface area contributed by atoms with E-state index in [-0.39, 0.29) is 0 Å². The van der Waals surface area contributed by atoms with Crippen LogP contribution in [0.15, 0.2) is 36.7 Å². The maximum absolute atomic E-state index is 10.8. The number of hydrogen-bond donors (Lipinski definition) is 1. The summed E-state index contributed by atoms with van der Waals surface area (Å²) in [6, 6.07) is 8.26. The van der Waals surface area contributed by atoms with Gasteiger partial charge in [-0.2, -0.15) is 5.10 Å². The van der Waals surface area contributed by atoms with Gasteiger partial charge >= 0.3 is 0 Å². The Bertz CT molecular complexity index is 1120. The molecule has 1 fully saturated rings. The van der Waals surface area contributed by atoms with Crippen LogP contribution in [-0.2, 0) is 12.6 Å². The smallest absolute Gasteiger partial charge is 0.181 e. The number of rotatable bonds is 2. The number of aromatic nitrogens is 4. The first-order valence-electron chi connectivity index (χ1n) is 8.46. The molecule has 0 saturated heterocycles. The maximum Gasteiger partial charge on any atom is 0.181 e. The Morgan fingerprint density at radius 1 is 1.28 bits per heavy atom. The van der Waals surface area contributed by atoms with Crippen molar-refractivity contribution in [2.75, 3.05) is 0 Å². The van der Waals surface area contributed by atoms with Gasteiger partial charge in [-0.1, -0.05) is 6.92 Å². The quantitative estimate of drug-likeness (QED) is 0.596. The highest BCUT2D eigenvalue weighted by Crippen LogP contribution is 2.49. The molecule has 0 bridgehead atoms. The van der Waals surface area contributed by atoms with E-state index in [1.165, 1.54) is 0 Å². The lowest BCUT2D eigenvalue weighted by Crippen LogP contribution is -2.41. The molecule has 0 aliphatic heterocycles. The predicted octanol–water partition coefficient (Wildman–Crippen LogP) is 3.86. The van der Waals surface area contributed by atoms with Crippen LogP contribution in [0, 0.1) is 5.92 Å². The van der Waals surface area contributed by atoms with Crippen molar-refractivity contribution < 1.29 is 5.11 Å². The second-order valence-corrected chi connectivity index (χ2v) is 8.04. The molecule has 2 atom stereocenters. The molecule has 4 heterocycles. The largest absolute Gasteiger partial charge is 0.384 e. The molecule has 1 aliphatic rings. The van der Waals surface area contributed by atoms with Crippen molar-refractivity contribution in [3.05, 3.63) is 41.5 Å². The Morgan fingerprint density at radius 2 is 2.16 bits per heavy atom. The van der Waals surface area contributed by atoms with Gasteiger partial charge in [0, 0.05) is 40.7 Å². The summed E-state index contributed by atoms with van der Waals surface area (Å²) in [6.07, 6.45) is 5.70. The summed E-state index contributed by atoms with van der Waals surface area (Å²) in [6.45, 7) is 2.11. The van der Waals surface area contributed by atoms with E-state index in [0.717, 1.165) is 50.2 Å². The van der Waals surface area contributed by atoms with E-state index >= 15 is 0 Å². The minimum absolute atomic E-state index is 0.317. The Labute approximate surface area is 149 Å². The zero-order valence-corrected chi connectivity index (χ0v) is 14.9. The highest BCUT2D eigenvalue weighted by molar-refractivity contribution is 7.18. The van der Waals surface area contributed by atoms with Crippen LogP contribution in [-0.4, -0.2) is 24.9 Å². The molecule has 1 N–H and O–H groups in total. The van der Waals surface area contributed by atoms with Gasteiger partial charge in [-0.25, -0.2) is 9.97 Å². The fourth-order valence-corrected chi connectivity index (χ4v) is 4.80. The standard InChI is InChI=1S/C19H18N4OS/c1-11-5-6-19(11,24)16-8-12-3-4-15(21-18(12)25-16)13-7-14-10-23(2)22-17(14)20-9-13/h3-4,7-11,24H,5-6H2,1-2H3. The number of nitrogens with zero attached hydrogens (tertiary/aromatic N) is 4.